The molecule has 0 bridgehead atoms. The number of nitrogens with one attached hydrogen (secondary N) is 3. The molecule has 1 atom stereocenters. The lowest BCUT2D eigenvalue weighted by atomic mass is 9.96. The fourth-order valence-electron chi connectivity index (χ4n) is 1.95. The number of amides is 2. The van der Waals surface area contributed by atoms with Gasteiger partial charge in [0, 0.05) is 23.4 Å². The van der Waals surface area contributed by atoms with Gasteiger partial charge in [-0.25, -0.2) is 4.98 Å². The van der Waals surface area contributed by atoms with Crippen molar-refractivity contribution in [2.45, 2.75) is 39.7 Å². The Kier molecular flexibility index (Phi) is 9.05. The zero-order valence-corrected chi connectivity index (χ0v) is 15.9. The van der Waals surface area contributed by atoms with Crippen LogP contribution in [-0.2, 0) is 16.0 Å². The van der Waals surface area contributed by atoms with Crippen molar-refractivity contribution in [1.82, 2.24) is 15.6 Å². The first-order chi connectivity index (χ1) is 9.84. The van der Waals surface area contributed by atoms with E-state index in [4.69, 9.17) is 0 Å². The molecule has 6 nitrogen and oxygen atoms in total. The Hall–Kier alpha value is -0.890. The van der Waals surface area contributed by atoms with E-state index >= 15 is 0 Å². The van der Waals surface area contributed by atoms with Crippen LogP contribution in [0, 0.1) is 5.41 Å². The monoisotopic (exact) mass is 382 g/mol. The molecule has 132 valence electrons. The Morgan fingerprint density at radius 1 is 1.39 bits per heavy atom. The van der Waals surface area contributed by atoms with Crippen LogP contribution in [-0.4, -0.2) is 35.9 Å². The number of anilines is 1. The van der Waals surface area contributed by atoms with Crippen molar-refractivity contribution in [2.75, 3.05) is 18.4 Å². The largest absolute Gasteiger partial charge is 0.352 e. The molecule has 1 aromatic heterocycles. The van der Waals surface area contributed by atoms with Gasteiger partial charge in [-0.1, -0.05) is 20.8 Å². The highest BCUT2D eigenvalue weighted by atomic mass is 35.5. The Bertz CT molecular complexity index is 525. The molecular formula is C14H24Cl2N4O2S. The minimum Gasteiger partial charge on any atom is -0.352 e. The second kappa shape index (κ2) is 9.42. The molecule has 1 fully saturated rings. The normalized spacial score (nSPS) is 16.9. The van der Waals surface area contributed by atoms with Crippen molar-refractivity contribution in [3.8, 4) is 0 Å². The van der Waals surface area contributed by atoms with E-state index in [0.717, 1.165) is 19.5 Å². The highest BCUT2D eigenvalue weighted by Gasteiger charge is 2.22. The molecule has 1 unspecified atom stereocenters. The summed E-state index contributed by atoms with van der Waals surface area (Å²) in [5, 5.41) is 11.3. The summed E-state index contributed by atoms with van der Waals surface area (Å²) in [6.07, 6.45) is 1.22. The highest BCUT2D eigenvalue weighted by molar-refractivity contribution is 7.13. The quantitative estimate of drug-likeness (QED) is 0.743. The van der Waals surface area contributed by atoms with Crippen LogP contribution in [0.3, 0.4) is 0 Å². The predicted octanol–water partition coefficient (Wildman–Crippen LogP) is 1.99. The highest BCUT2D eigenvalue weighted by Crippen LogP contribution is 2.20. The second-order valence-electron chi connectivity index (χ2n) is 6.28. The molecular weight excluding hydrogens is 359 g/mol. The minimum atomic E-state index is -0.460. The van der Waals surface area contributed by atoms with Gasteiger partial charge in [-0.15, -0.1) is 36.2 Å². The summed E-state index contributed by atoms with van der Waals surface area (Å²) in [4.78, 5) is 28.1. The maximum absolute atomic E-state index is 11.9. The van der Waals surface area contributed by atoms with Gasteiger partial charge >= 0.3 is 0 Å². The van der Waals surface area contributed by atoms with Gasteiger partial charge in [-0.05, 0) is 13.0 Å². The van der Waals surface area contributed by atoms with Crippen molar-refractivity contribution in [1.29, 1.82) is 0 Å². The molecule has 0 radical (unpaired) electrons. The molecule has 2 heterocycles. The zero-order valence-electron chi connectivity index (χ0n) is 13.5. The summed E-state index contributed by atoms with van der Waals surface area (Å²) < 4.78 is 0. The van der Waals surface area contributed by atoms with Gasteiger partial charge < -0.3 is 16.0 Å². The molecule has 3 N–H and O–H groups in total. The van der Waals surface area contributed by atoms with Gasteiger partial charge in [0.25, 0.3) is 0 Å². The lowest BCUT2D eigenvalue weighted by Crippen LogP contribution is -2.37. The Morgan fingerprint density at radius 3 is 2.65 bits per heavy atom. The first-order valence-electron chi connectivity index (χ1n) is 7.10. The number of aromatic nitrogens is 1. The third kappa shape index (κ3) is 7.03. The third-order valence-electron chi connectivity index (χ3n) is 3.22. The molecule has 2 rings (SSSR count). The summed E-state index contributed by atoms with van der Waals surface area (Å²) in [6, 6.07) is 0.219. The first-order valence-corrected chi connectivity index (χ1v) is 7.98. The lowest BCUT2D eigenvalue weighted by molar-refractivity contribution is -0.123. The van der Waals surface area contributed by atoms with Gasteiger partial charge in [0.05, 0.1) is 12.1 Å². The predicted molar refractivity (Wildman–Crippen MR) is 97.8 cm³/mol. The van der Waals surface area contributed by atoms with Crippen molar-refractivity contribution in [3.05, 3.63) is 11.1 Å². The third-order valence-corrected chi connectivity index (χ3v) is 4.03. The van der Waals surface area contributed by atoms with E-state index in [0.29, 0.717) is 10.8 Å². The summed E-state index contributed by atoms with van der Waals surface area (Å²) in [5.41, 5.74) is 0.228. The molecule has 1 aliphatic heterocycles. The van der Waals surface area contributed by atoms with Crippen molar-refractivity contribution < 1.29 is 9.59 Å². The number of carbonyl (C=O) groups is 2. The van der Waals surface area contributed by atoms with E-state index in [1.54, 1.807) is 0 Å². The van der Waals surface area contributed by atoms with Gasteiger partial charge in [-0.3, -0.25) is 9.59 Å². The number of halogens is 2. The van der Waals surface area contributed by atoms with E-state index in [1.165, 1.54) is 11.3 Å². The number of thiazole rings is 1. The number of rotatable bonds is 4. The molecule has 0 aromatic carbocycles. The Balaban J connectivity index is 0.00000242. The molecule has 9 heteroatoms. The lowest BCUT2D eigenvalue weighted by Gasteiger charge is -2.15. The van der Waals surface area contributed by atoms with Crippen LogP contribution in [0.1, 0.15) is 32.9 Å². The Labute approximate surface area is 153 Å². The standard InChI is InChI=1S/C14H22N4O2S.2ClH/c1-14(2,3)12(20)18-13-17-10(8-21-13)6-11(19)16-9-4-5-15-7-9;;/h8-9,15H,4-7H2,1-3H3,(H,16,19)(H,17,18,20);2*1H. The molecule has 0 aliphatic carbocycles. The topological polar surface area (TPSA) is 83.1 Å². The number of hydrogen-bond donors (Lipinski definition) is 3. The number of hydrogen-bond acceptors (Lipinski definition) is 5. The fraction of sp³-hybridized carbons (Fsp3) is 0.643. The summed E-state index contributed by atoms with van der Waals surface area (Å²) in [7, 11) is 0. The molecule has 2 amide bonds. The van der Waals surface area contributed by atoms with Crippen LogP contribution < -0.4 is 16.0 Å². The SMILES string of the molecule is CC(C)(C)C(=O)Nc1nc(CC(=O)NC2CCNC2)cs1.Cl.Cl. The van der Waals surface area contributed by atoms with Crippen molar-refractivity contribution >= 4 is 53.1 Å². The summed E-state index contributed by atoms with van der Waals surface area (Å²) >= 11 is 1.34. The minimum absolute atomic E-state index is 0. The molecule has 23 heavy (non-hydrogen) atoms. The Morgan fingerprint density at radius 2 is 2.09 bits per heavy atom. The smallest absolute Gasteiger partial charge is 0.231 e. The van der Waals surface area contributed by atoms with Crippen molar-refractivity contribution in [2.24, 2.45) is 5.41 Å². The molecule has 0 spiro atoms. The van der Waals surface area contributed by atoms with Crippen LogP contribution in [0.15, 0.2) is 5.38 Å². The zero-order chi connectivity index (χ0) is 15.5. The summed E-state index contributed by atoms with van der Waals surface area (Å²) in [6.45, 7) is 7.32. The first kappa shape index (κ1) is 22.1. The van der Waals surface area contributed by atoms with Crippen LogP contribution in [0.2, 0.25) is 0 Å². The average molecular weight is 383 g/mol. The van der Waals surface area contributed by atoms with E-state index < -0.39 is 5.41 Å². The van der Waals surface area contributed by atoms with Crippen LogP contribution >= 0.6 is 36.2 Å². The number of nitrogens with zero attached hydrogens (tertiary/aromatic N) is 1. The maximum atomic E-state index is 11.9. The fourth-order valence-corrected chi connectivity index (χ4v) is 2.66. The summed E-state index contributed by atoms with van der Waals surface area (Å²) in [5.74, 6) is -0.104. The molecule has 1 aliphatic rings. The average Bonchev–Trinajstić information content (AvgIpc) is 3.00. The molecule has 1 aromatic rings. The van der Waals surface area contributed by atoms with E-state index in [1.807, 2.05) is 26.2 Å². The van der Waals surface area contributed by atoms with Crippen LogP contribution in [0.5, 0.6) is 0 Å². The van der Waals surface area contributed by atoms with Crippen LogP contribution in [0.25, 0.3) is 0 Å². The van der Waals surface area contributed by atoms with E-state index in [2.05, 4.69) is 20.9 Å². The van der Waals surface area contributed by atoms with Gasteiger partial charge in [0.1, 0.15) is 0 Å². The molecule has 1 saturated heterocycles. The van der Waals surface area contributed by atoms with E-state index in [-0.39, 0.29) is 49.1 Å². The van der Waals surface area contributed by atoms with Gasteiger partial charge in [-0.2, -0.15) is 0 Å². The maximum Gasteiger partial charge on any atom is 0.231 e. The van der Waals surface area contributed by atoms with Crippen molar-refractivity contribution in [3.63, 3.8) is 0 Å². The van der Waals surface area contributed by atoms with Crippen LogP contribution in [0.4, 0.5) is 5.13 Å². The number of carbonyl (C=O) groups excluding carboxylic acids is 2. The van der Waals surface area contributed by atoms with Gasteiger partial charge in [0.2, 0.25) is 11.8 Å². The second-order valence-corrected chi connectivity index (χ2v) is 7.14. The van der Waals surface area contributed by atoms with E-state index in [9.17, 15) is 9.59 Å². The molecule has 0 saturated carbocycles. The van der Waals surface area contributed by atoms with Gasteiger partial charge in [0.15, 0.2) is 5.13 Å².